The van der Waals surface area contributed by atoms with Gasteiger partial charge in [-0.3, -0.25) is 9.59 Å². The number of anilines is 1. The smallest absolute Gasteiger partial charge is 0.308 e. The van der Waals surface area contributed by atoms with Gasteiger partial charge in [-0.05, 0) is 37.0 Å². The predicted octanol–water partition coefficient (Wildman–Crippen LogP) is 2.13. The molecule has 1 fully saturated rings. The lowest BCUT2D eigenvalue weighted by Gasteiger charge is -2.38. The van der Waals surface area contributed by atoms with Gasteiger partial charge in [-0.15, -0.1) is 0 Å². The van der Waals surface area contributed by atoms with E-state index in [1.54, 1.807) is 26.3 Å². The van der Waals surface area contributed by atoms with Gasteiger partial charge in [0.05, 0.1) is 32.1 Å². The van der Waals surface area contributed by atoms with Crippen LogP contribution in [0.2, 0.25) is 0 Å². The number of nitrogens with one attached hydrogen (secondary N) is 2. The van der Waals surface area contributed by atoms with Gasteiger partial charge in [0, 0.05) is 50.6 Å². The first-order chi connectivity index (χ1) is 16.6. The highest BCUT2D eigenvalue weighted by Gasteiger charge is 2.34. The zero-order valence-corrected chi connectivity index (χ0v) is 19.9. The fraction of sp³-hybridized carbons (Fsp3) is 0.520. The highest BCUT2D eigenvalue weighted by molar-refractivity contribution is 5.81. The molecule has 9 heteroatoms. The van der Waals surface area contributed by atoms with Crippen molar-refractivity contribution in [3.05, 3.63) is 47.3 Å². The SMILES string of the molecule is CCOC(=O)C[C@H](NC(=O)C1CN(CCc2ccc3c(n2)NCCC3)C1)c1ccc(OC)nc1. The molecule has 182 valence electrons. The van der Waals surface area contributed by atoms with Gasteiger partial charge in [-0.1, -0.05) is 12.1 Å². The summed E-state index contributed by atoms with van der Waals surface area (Å²) < 4.78 is 10.2. The first kappa shape index (κ1) is 23.9. The van der Waals surface area contributed by atoms with Crippen LogP contribution < -0.4 is 15.4 Å². The molecule has 0 aliphatic carbocycles. The molecule has 2 N–H and O–H groups in total. The van der Waals surface area contributed by atoms with E-state index in [4.69, 9.17) is 14.5 Å². The highest BCUT2D eigenvalue weighted by atomic mass is 16.5. The molecule has 0 spiro atoms. The third-order valence-corrected chi connectivity index (χ3v) is 6.33. The minimum atomic E-state index is -0.494. The Morgan fingerprint density at radius 3 is 2.85 bits per heavy atom. The zero-order chi connectivity index (χ0) is 23.9. The number of ether oxygens (including phenoxy) is 2. The van der Waals surface area contributed by atoms with E-state index >= 15 is 0 Å². The van der Waals surface area contributed by atoms with Crippen LogP contribution in [0.5, 0.6) is 5.88 Å². The Kier molecular flexibility index (Phi) is 7.95. The summed E-state index contributed by atoms with van der Waals surface area (Å²) in [4.78, 5) is 36.2. The number of aryl methyl sites for hydroxylation is 1. The van der Waals surface area contributed by atoms with Crippen LogP contribution in [-0.2, 0) is 27.2 Å². The molecule has 4 rings (SSSR count). The molecular weight excluding hydrogens is 434 g/mol. The summed E-state index contributed by atoms with van der Waals surface area (Å²) in [5.41, 5.74) is 3.10. The molecule has 0 aromatic carbocycles. The van der Waals surface area contributed by atoms with E-state index in [-0.39, 0.29) is 24.2 Å². The molecule has 0 saturated carbocycles. The number of nitrogens with zero attached hydrogens (tertiary/aromatic N) is 3. The van der Waals surface area contributed by atoms with Crippen LogP contribution in [0.4, 0.5) is 5.82 Å². The molecule has 4 heterocycles. The van der Waals surface area contributed by atoms with Gasteiger partial charge in [0.25, 0.3) is 0 Å². The Labute approximate surface area is 200 Å². The van der Waals surface area contributed by atoms with Crippen molar-refractivity contribution in [2.75, 3.05) is 45.2 Å². The molecule has 2 aliphatic rings. The Morgan fingerprint density at radius 1 is 1.26 bits per heavy atom. The summed E-state index contributed by atoms with van der Waals surface area (Å²) >= 11 is 0. The van der Waals surface area contributed by atoms with Crippen LogP contribution >= 0.6 is 0 Å². The molecule has 0 bridgehead atoms. The molecule has 2 aromatic rings. The lowest BCUT2D eigenvalue weighted by Crippen LogP contribution is -2.54. The maximum atomic E-state index is 12.9. The van der Waals surface area contributed by atoms with E-state index in [9.17, 15) is 9.59 Å². The molecule has 2 aliphatic heterocycles. The van der Waals surface area contributed by atoms with E-state index in [1.807, 2.05) is 6.07 Å². The van der Waals surface area contributed by atoms with Gasteiger partial charge < -0.3 is 25.0 Å². The normalized spacial score (nSPS) is 16.5. The van der Waals surface area contributed by atoms with Crippen LogP contribution in [0.1, 0.15) is 42.6 Å². The number of carbonyl (C=O) groups is 2. The monoisotopic (exact) mass is 467 g/mol. The zero-order valence-electron chi connectivity index (χ0n) is 19.9. The van der Waals surface area contributed by atoms with Crippen molar-refractivity contribution in [1.82, 2.24) is 20.2 Å². The Balaban J connectivity index is 1.28. The summed E-state index contributed by atoms with van der Waals surface area (Å²) in [6, 6.07) is 7.32. The largest absolute Gasteiger partial charge is 0.481 e. The minimum absolute atomic E-state index is 0.0576. The Morgan fingerprint density at radius 2 is 2.12 bits per heavy atom. The summed E-state index contributed by atoms with van der Waals surface area (Å²) in [7, 11) is 1.54. The maximum absolute atomic E-state index is 12.9. The van der Waals surface area contributed by atoms with Gasteiger partial charge in [0.2, 0.25) is 11.8 Å². The van der Waals surface area contributed by atoms with Crippen LogP contribution in [0.3, 0.4) is 0 Å². The first-order valence-corrected chi connectivity index (χ1v) is 12.0. The molecule has 0 radical (unpaired) electrons. The quantitative estimate of drug-likeness (QED) is 0.512. The second kappa shape index (κ2) is 11.3. The van der Waals surface area contributed by atoms with E-state index in [2.05, 4.69) is 32.7 Å². The van der Waals surface area contributed by atoms with Gasteiger partial charge in [0.1, 0.15) is 5.82 Å². The Hall–Kier alpha value is -3.20. The lowest BCUT2D eigenvalue weighted by atomic mass is 9.97. The molecular formula is C25H33N5O4. The predicted molar refractivity (Wildman–Crippen MR) is 128 cm³/mol. The average Bonchev–Trinajstić information content (AvgIpc) is 2.82. The van der Waals surface area contributed by atoms with Gasteiger partial charge in [-0.25, -0.2) is 9.97 Å². The Bertz CT molecular complexity index is 991. The maximum Gasteiger partial charge on any atom is 0.308 e. The van der Waals surface area contributed by atoms with E-state index in [0.29, 0.717) is 25.6 Å². The number of methoxy groups -OCH3 is 1. The molecule has 34 heavy (non-hydrogen) atoms. The standard InChI is InChI=1S/C25H33N5O4/c1-3-34-23(31)13-21(18-7-9-22(33-2)27-14-18)29-25(32)19-15-30(16-19)12-10-20-8-6-17-5-4-11-26-24(17)28-20/h6-9,14,19,21H,3-5,10-13,15-16H2,1-2H3,(H,26,28)(H,29,32)/t21-/m0/s1. The number of fused-ring (bicyclic) bond motifs is 1. The van der Waals surface area contributed by atoms with Crippen LogP contribution in [-0.4, -0.2) is 66.6 Å². The molecule has 1 amide bonds. The van der Waals surface area contributed by atoms with Crippen molar-refractivity contribution in [1.29, 1.82) is 0 Å². The van der Waals surface area contributed by atoms with Crippen molar-refractivity contribution >= 4 is 17.7 Å². The second-order valence-electron chi connectivity index (χ2n) is 8.75. The van der Waals surface area contributed by atoms with Crippen LogP contribution in [0.15, 0.2) is 30.5 Å². The minimum Gasteiger partial charge on any atom is -0.481 e. The number of likely N-dealkylation sites (tertiary alicyclic amines) is 1. The fourth-order valence-corrected chi connectivity index (χ4v) is 4.35. The van der Waals surface area contributed by atoms with E-state index in [1.165, 1.54) is 5.56 Å². The van der Waals surface area contributed by atoms with E-state index in [0.717, 1.165) is 49.4 Å². The van der Waals surface area contributed by atoms with E-state index < -0.39 is 6.04 Å². The summed E-state index contributed by atoms with van der Waals surface area (Å²) in [6.45, 7) is 5.30. The summed E-state index contributed by atoms with van der Waals surface area (Å²) in [6.07, 6.45) is 4.77. The van der Waals surface area contributed by atoms with Gasteiger partial charge >= 0.3 is 5.97 Å². The fourth-order valence-electron chi connectivity index (χ4n) is 4.35. The number of rotatable bonds is 10. The number of aromatic nitrogens is 2. The van der Waals surface area contributed by atoms with Crippen LogP contribution in [0.25, 0.3) is 0 Å². The number of amides is 1. The first-order valence-electron chi connectivity index (χ1n) is 12.0. The molecule has 1 atom stereocenters. The van der Waals surface area contributed by atoms with Crippen molar-refractivity contribution in [2.45, 2.75) is 38.6 Å². The number of carbonyl (C=O) groups excluding carboxylic acids is 2. The second-order valence-corrected chi connectivity index (χ2v) is 8.75. The third kappa shape index (κ3) is 6.02. The molecule has 9 nitrogen and oxygen atoms in total. The number of pyridine rings is 2. The molecule has 2 aromatic heterocycles. The summed E-state index contributed by atoms with van der Waals surface area (Å²) in [5.74, 6) is 0.978. The highest BCUT2D eigenvalue weighted by Crippen LogP contribution is 2.23. The van der Waals surface area contributed by atoms with Crippen molar-refractivity contribution in [3.8, 4) is 5.88 Å². The third-order valence-electron chi connectivity index (χ3n) is 6.33. The number of hydrogen-bond donors (Lipinski definition) is 2. The molecule has 0 unspecified atom stereocenters. The van der Waals surface area contributed by atoms with Gasteiger partial charge in [0.15, 0.2) is 0 Å². The summed E-state index contributed by atoms with van der Waals surface area (Å²) in [5, 5.41) is 6.40. The lowest BCUT2D eigenvalue weighted by molar-refractivity contribution is -0.144. The topological polar surface area (TPSA) is 106 Å². The molecule has 1 saturated heterocycles. The van der Waals surface area contributed by atoms with Gasteiger partial charge in [-0.2, -0.15) is 0 Å². The van der Waals surface area contributed by atoms with Crippen molar-refractivity contribution in [2.24, 2.45) is 5.92 Å². The van der Waals surface area contributed by atoms with Crippen LogP contribution in [0, 0.1) is 5.92 Å². The van der Waals surface area contributed by atoms with Crippen molar-refractivity contribution in [3.63, 3.8) is 0 Å². The average molecular weight is 468 g/mol. The number of esters is 1. The number of hydrogen-bond acceptors (Lipinski definition) is 8. The van der Waals surface area contributed by atoms with Crippen molar-refractivity contribution < 1.29 is 19.1 Å².